The van der Waals surface area contributed by atoms with Crippen molar-refractivity contribution in [2.24, 2.45) is 5.41 Å². The Bertz CT molecular complexity index is 645. The number of rotatable bonds is 2. The van der Waals surface area contributed by atoms with Crippen molar-refractivity contribution in [2.75, 3.05) is 6.26 Å². The van der Waals surface area contributed by atoms with E-state index in [1.54, 1.807) is 6.20 Å². The second-order valence-corrected chi connectivity index (χ2v) is 9.61. The third-order valence-electron chi connectivity index (χ3n) is 3.71. The summed E-state index contributed by atoms with van der Waals surface area (Å²) in [7, 11) is -3.26. The van der Waals surface area contributed by atoms with Gasteiger partial charge in [0.1, 0.15) is 5.82 Å². The highest BCUT2D eigenvalue weighted by Gasteiger charge is 2.35. The first kappa shape index (κ1) is 16.4. The lowest BCUT2D eigenvalue weighted by molar-refractivity contribution is 0.267. The molecule has 1 aromatic heterocycles. The van der Waals surface area contributed by atoms with Gasteiger partial charge in [-0.15, -0.1) is 0 Å². The van der Waals surface area contributed by atoms with E-state index in [-0.39, 0.29) is 16.9 Å². The molecular weight excluding hydrogens is 286 g/mol. The van der Waals surface area contributed by atoms with Gasteiger partial charge in [0.05, 0.1) is 12.3 Å². The molecule has 0 saturated carbocycles. The van der Waals surface area contributed by atoms with Crippen LogP contribution in [0.15, 0.2) is 6.20 Å². The third kappa shape index (κ3) is 4.01. The third-order valence-corrected chi connectivity index (χ3v) is 4.42. The first-order valence-corrected chi connectivity index (χ1v) is 9.10. The van der Waals surface area contributed by atoms with E-state index in [1.807, 2.05) is 0 Å². The van der Waals surface area contributed by atoms with E-state index in [4.69, 9.17) is 4.98 Å². The SMILES string of the molecule is CC1(C)Cc2nc(C(C)(C)C)ncc2C(NS(C)(=O)=O)C1. The molecule has 1 aliphatic carbocycles. The Kier molecular flexibility index (Phi) is 3.91. The fourth-order valence-electron chi connectivity index (χ4n) is 2.77. The van der Waals surface area contributed by atoms with Crippen LogP contribution in [0.25, 0.3) is 0 Å². The molecule has 1 N–H and O–H groups in total. The van der Waals surface area contributed by atoms with Gasteiger partial charge in [-0.3, -0.25) is 0 Å². The van der Waals surface area contributed by atoms with Crippen LogP contribution in [0.2, 0.25) is 0 Å². The summed E-state index contributed by atoms with van der Waals surface area (Å²) in [5, 5.41) is 0. The van der Waals surface area contributed by atoms with E-state index in [2.05, 4.69) is 44.3 Å². The van der Waals surface area contributed by atoms with Gasteiger partial charge in [0, 0.05) is 22.9 Å². The second-order valence-electron chi connectivity index (χ2n) is 7.83. The predicted octanol–water partition coefficient (Wildman–Crippen LogP) is 2.34. The van der Waals surface area contributed by atoms with Gasteiger partial charge in [0.25, 0.3) is 0 Å². The molecule has 0 aromatic carbocycles. The van der Waals surface area contributed by atoms with Crippen LogP contribution in [-0.4, -0.2) is 24.6 Å². The minimum atomic E-state index is -3.26. The zero-order valence-corrected chi connectivity index (χ0v) is 14.5. The van der Waals surface area contributed by atoms with Crippen molar-refractivity contribution in [3.63, 3.8) is 0 Å². The molecule has 0 fully saturated rings. The fourth-order valence-corrected chi connectivity index (χ4v) is 3.50. The minimum absolute atomic E-state index is 0.0128. The summed E-state index contributed by atoms with van der Waals surface area (Å²) in [4.78, 5) is 9.16. The van der Waals surface area contributed by atoms with E-state index in [9.17, 15) is 8.42 Å². The molecule has 2 rings (SSSR count). The van der Waals surface area contributed by atoms with E-state index in [0.29, 0.717) is 0 Å². The minimum Gasteiger partial charge on any atom is -0.240 e. The number of aromatic nitrogens is 2. The Labute approximate surface area is 127 Å². The fraction of sp³-hybridized carbons (Fsp3) is 0.733. The summed E-state index contributed by atoms with van der Waals surface area (Å²) in [5.74, 6) is 0.803. The second kappa shape index (κ2) is 5.02. The maximum atomic E-state index is 11.6. The standard InChI is InChI=1S/C15H25N3O2S/c1-14(2,3)13-16-9-10-11(17-13)7-15(4,5)8-12(10)18-21(6,19)20/h9,12,18H,7-8H2,1-6H3. The molecule has 0 saturated heterocycles. The molecule has 1 unspecified atom stereocenters. The summed E-state index contributed by atoms with van der Waals surface area (Å²) in [6.45, 7) is 10.5. The van der Waals surface area contributed by atoms with Crippen molar-refractivity contribution in [3.8, 4) is 0 Å². The molecular formula is C15H25N3O2S. The van der Waals surface area contributed by atoms with Crippen molar-refractivity contribution in [3.05, 3.63) is 23.3 Å². The van der Waals surface area contributed by atoms with Crippen molar-refractivity contribution in [1.29, 1.82) is 0 Å². The molecule has 1 atom stereocenters. The van der Waals surface area contributed by atoms with Gasteiger partial charge in [0.15, 0.2) is 0 Å². The Morgan fingerprint density at radius 1 is 1.33 bits per heavy atom. The quantitative estimate of drug-likeness (QED) is 0.910. The smallest absolute Gasteiger partial charge is 0.209 e. The van der Waals surface area contributed by atoms with Crippen LogP contribution in [0.4, 0.5) is 0 Å². The van der Waals surface area contributed by atoms with Crippen LogP contribution in [0.5, 0.6) is 0 Å². The van der Waals surface area contributed by atoms with Crippen molar-refractivity contribution in [1.82, 2.24) is 14.7 Å². The molecule has 1 aromatic rings. The van der Waals surface area contributed by atoms with Crippen LogP contribution in [0.3, 0.4) is 0 Å². The van der Waals surface area contributed by atoms with Gasteiger partial charge < -0.3 is 0 Å². The molecule has 0 aliphatic heterocycles. The highest BCUT2D eigenvalue weighted by Crippen LogP contribution is 2.40. The molecule has 0 amide bonds. The van der Waals surface area contributed by atoms with Gasteiger partial charge in [-0.2, -0.15) is 0 Å². The number of hydrogen-bond donors (Lipinski definition) is 1. The number of nitrogens with one attached hydrogen (secondary N) is 1. The average Bonchev–Trinajstić information content (AvgIpc) is 2.22. The Morgan fingerprint density at radius 2 is 1.95 bits per heavy atom. The normalized spacial score (nSPS) is 21.9. The number of sulfonamides is 1. The zero-order chi connectivity index (χ0) is 16.1. The van der Waals surface area contributed by atoms with E-state index in [1.165, 1.54) is 6.26 Å². The molecule has 0 radical (unpaired) electrons. The highest BCUT2D eigenvalue weighted by molar-refractivity contribution is 7.88. The van der Waals surface area contributed by atoms with Crippen LogP contribution in [0.1, 0.15) is 64.2 Å². The highest BCUT2D eigenvalue weighted by atomic mass is 32.2. The molecule has 1 aliphatic rings. The Morgan fingerprint density at radius 3 is 2.48 bits per heavy atom. The van der Waals surface area contributed by atoms with E-state index >= 15 is 0 Å². The van der Waals surface area contributed by atoms with Crippen LogP contribution in [0, 0.1) is 5.41 Å². The topological polar surface area (TPSA) is 72.0 Å². The molecule has 6 heteroatoms. The average molecular weight is 311 g/mol. The van der Waals surface area contributed by atoms with Gasteiger partial charge in [-0.1, -0.05) is 34.6 Å². The Balaban J connectivity index is 2.48. The molecule has 1 heterocycles. The van der Waals surface area contributed by atoms with Crippen molar-refractivity contribution in [2.45, 2.75) is 58.9 Å². The summed E-state index contributed by atoms with van der Waals surface area (Å²) in [6.07, 6.45) is 4.58. The summed E-state index contributed by atoms with van der Waals surface area (Å²) >= 11 is 0. The lowest BCUT2D eigenvalue weighted by Crippen LogP contribution is -2.37. The lowest BCUT2D eigenvalue weighted by atomic mass is 9.74. The van der Waals surface area contributed by atoms with Crippen LogP contribution < -0.4 is 4.72 Å². The van der Waals surface area contributed by atoms with Crippen LogP contribution >= 0.6 is 0 Å². The lowest BCUT2D eigenvalue weighted by Gasteiger charge is -2.36. The zero-order valence-electron chi connectivity index (χ0n) is 13.7. The first-order chi connectivity index (χ1) is 9.37. The van der Waals surface area contributed by atoms with E-state index in [0.717, 1.165) is 29.9 Å². The number of hydrogen-bond acceptors (Lipinski definition) is 4. The predicted molar refractivity (Wildman–Crippen MR) is 83.6 cm³/mol. The molecule has 0 spiro atoms. The largest absolute Gasteiger partial charge is 0.240 e. The Hall–Kier alpha value is -1.01. The van der Waals surface area contributed by atoms with Gasteiger partial charge in [-0.05, 0) is 18.3 Å². The maximum absolute atomic E-state index is 11.6. The summed E-state index contributed by atoms with van der Waals surface area (Å²) in [6, 6.07) is -0.243. The molecule has 0 bridgehead atoms. The first-order valence-electron chi connectivity index (χ1n) is 7.21. The molecule has 21 heavy (non-hydrogen) atoms. The van der Waals surface area contributed by atoms with E-state index < -0.39 is 10.0 Å². The number of fused-ring (bicyclic) bond motifs is 1. The van der Waals surface area contributed by atoms with Crippen LogP contribution in [-0.2, 0) is 21.9 Å². The monoisotopic (exact) mass is 311 g/mol. The van der Waals surface area contributed by atoms with Gasteiger partial charge >= 0.3 is 0 Å². The summed E-state index contributed by atoms with van der Waals surface area (Å²) in [5.41, 5.74) is 1.77. The van der Waals surface area contributed by atoms with Gasteiger partial charge in [0.2, 0.25) is 10.0 Å². The molecule has 118 valence electrons. The van der Waals surface area contributed by atoms with Crippen molar-refractivity contribution >= 4 is 10.0 Å². The summed E-state index contributed by atoms with van der Waals surface area (Å²) < 4.78 is 25.9. The molecule has 5 nitrogen and oxygen atoms in total. The van der Waals surface area contributed by atoms with Crippen molar-refractivity contribution < 1.29 is 8.42 Å². The maximum Gasteiger partial charge on any atom is 0.209 e. The van der Waals surface area contributed by atoms with Gasteiger partial charge in [-0.25, -0.2) is 23.1 Å². The number of nitrogens with zero attached hydrogens (tertiary/aromatic N) is 2.